The lowest BCUT2D eigenvalue weighted by molar-refractivity contribution is 0.204. The topological polar surface area (TPSA) is 29.3 Å². The van der Waals surface area contributed by atoms with E-state index in [0.29, 0.717) is 11.0 Å². The van der Waals surface area contributed by atoms with Crippen LogP contribution < -0.4 is 5.73 Å². The third kappa shape index (κ3) is 3.97. The maximum absolute atomic E-state index is 5.82. The molecule has 1 atom stereocenters. The minimum atomic E-state index is 0.324. The van der Waals surface area contributed by atoms with Gasteiger partial charge in [0.05, 0.1) is 11.0 Å². The molecule has 0 aliphatic carbocycles. The van der Waals surface area contributed by atoms with Crippen LogP contribution in [0.15, 0.2) is 35.2 Å². The minimum Gasteiger partial charge on any atom is -0.392 e. The van der Waals surface area contributed by atoms with Gasteiger partial charge >= 0.3 is 0 Å². The highest BCUT2D eigenvalue weighted by atomic mass is 32.2. The van der Waals surface area contributed by atoms with E-state index in [1.807, 2.05) is 11.8 Å². The fourth-order valence-corrected chi connectivity index (χ4v) is 3.56. The summed E-state index contributed by atoms with van der Waals surface area (Å²) in [5, 5.41) is 0. The molecule has 1 aliphatic heterocycles. The monoisotopic (exact) mass is 280 g/mol. The number of likely N-dealkylation sites (tertiary alicyclic amines) is 1. The molecule has 18 heavy (non-hydrogen) atoms. The summed E-state index contributed by atoms with van der Waals surface area (Å²) in [6, 6.07) is 10.9. The Morgan fingerprint density at radius 3 is 2.83 bits per heavy atom. The number of nitrogens with two attached hydrogens (primary N) is 1. The van der Waals surface area contributed by atoms with Crippen molar-refractivity contribution in [3.63, 3.8) is 0 Å². The van der Waals surface area contributed by atoms with E-state index in [1.54, 1.807) is 0 Å². The first-order chi connectivity index (χ1) is 8.77. The molecule has 1 saturated heterocycles. The standard InChI is InChI=1S/C14H20N2S2/c15-14(17)13-8-4-5-9-16(13)10-11-18-12-6-2-1-3-7-12/h1-3,6-7,13H,4-5,8-11H2,(H2,15,17). The Labute approximate surface area is 119 Å². The van der Waals surface area contributed by atoms with Gasteiger partial charge in [-0.25, -0.2) is 0 Å². The second kappa shape index (κ2) is 7.12. The number of hydrogen-bond acceptors (Lipinski definition) is 3. The zero-order valence-electron chi connectivity index (χ0n) is 10.5. The predicted molar refractivity (Wildman–Crippen MR) is 83.2 cm³/mol. The molecular formula is C14H20N2S2. The molecule has 0 radical (unpaired) electrons. The van der Waals surface area contributed by atoms with Crippen molar-refractivity contribution in [3.05, 3.63) is 30.3 Å². The molecule has 1 fully saturated rings. The van der Waals surface area contributed by atoms with E-state index >= 15 is 0 Å². The Balaban J connectivity index is 1.79. The molecule has 0 aromatic heterocycles. The molecule has 0 saturated carbocycles. The molecule has 2 N–H and O–H groups in total. The van der Waals surface area contributed by atoms with Gasteiger partial charge in [0.1, 0.15) is 0 Å². The highest BCUT2D eigenvalue weighted by molar-refractivity contribution is 7.99. The van der Waals surface area contributed by atoms with Crippen molar-refractivity contribution in [1.29, 1.82) is 0 Å². The molecule has 4 heteroatoms. The molecular weight excluding hydrogens is 260 g/mol. The molecule has 2 rings (SSSR count). The SMILES string of the molecule is NC(=S)C1CCCCN1CCSc1ccccc1. The highest BCUT2D eigenvalue weighted by Gasteiger charge is 2.23. The molecule has 1 aromatic rings. The minimum absolute atomic E-state index is 0.324. The first kappa shape index (κ1) is 13.8. The van der Waals surface area contributed by atoms with Gasteiger partial charge in [-0.1, -0.05) is 36.8 Å². The number of hydrogen-bond donors (Lipinski definition) is 1. The Bertz CT molecular complexity index is 381. The van der Waals surface area contributed by atoms with E-state index in [9.17, 15) is 0 Å². The normalized spacial score (nSPS) is 20.8. The number of nitrogens with zero attached hydrogens (tertiary/aromatic N) is 1. The third-order valence-corrected chi connectivity index (χ3v) is 4.60. The first-order valence-electron chi connectivity index (χ1n) is 6.48. The summed E-state index contributed by atoms with van der Waals surface area (Å²) in [5.74, 6) is 1.10. The van der Waals surface area contributed by atoms with Gasteiger partial charge in [-0.2, -0.15) is 0 Å². The largest absolute Gasteiger partial charge is 0.392 e. The van der Waals surface area contributed by atoms with Crippen molar-refractivity contribution in [3.8, 4) is 0 Å². The van der Waals surface area contributed by atoms with Crippen LogP contribution in [0.25, 0.3) is 0 Å². The average Bonchev–Trinajstić information content (AvgIpc) is 2.40. The van der Waals surface area contributed by atoms with Gasteiger partial charge in [-0.05, 0) is 31.5 Å². The summed E-state index contributed by atoms with van der Waals surface area (Å²) >= 11 is 7.07. The maximum atomic E-state index is 5.82. The van der Waals surface area contributed by atoms with Gasteiger partial charge in [0.15, 0.2) is 0 Å². The summed E-state index contributed by atoms with van der Waals surface area (Å²) in [5.41, 5.74) is 5.82. The molecule has 1 heterocycles. The van der Waals surface area contributed by atoms with E-state index in [4.69, 9.17) is 18.0 Å². The summed E-state index contributed by atoms with van der Waals surface area (Å²) in [6.45, 7) is 2.21. The van der Waals surface area contributed by atoms with Crippen LogP contribution in [-0.4, -0.2) is 34.8 Å². The Morgan fingerprint density at radius 2 is 2.11 bits per heavy atom. The van der Waals surface area contributed by atoms with E-state index in [2.05, 4.69) is 35.2 Å². The van der Waals surface area contributed by atoms with Crippen molar-refractivity contribution >= 4 is 29.0 Å². The van der Waals surface area contributed by atoms with Gasteiger partial charge in [-0.3, -0.25) is 4.90 Å². The van der Waals surface area contributed by atoms with Crippen LogP contribution >= 0.6 is 24.0 Å². The molecule has 98 valence electrons. The van der Waals surface area contributed by atoms with E-state index in [1.165, 1.54) is 17.7 Å². The lowest BCUT2D eigenvalue weighted by Gasteiger charge is -2.34. The zero-order chi connectivity index (χ0) is 12.8. The summed E-state index contributed by atoms with van der Waals surface area (Å²) in [4.78, 5) is 4.45. The number of rotatable bonds is 5. The van der Waals surface area contributed by atoms with Crippen molar-refractivity contribution in [1.82, 2.24) is 4.90 Å². The molecule has 2 nitrogen and oxygen atoms in total. The fraction of sp³-hybridized carbons (Fsp3) is 0.500. The second-order valence-corrected chi connectivity index (χ2v) is 6.25. The number of thioether (sulfide) groups is 1. The second-order valence-electron chi connectivity index (χ2n) is 4.61. The zero-order valence-corrected chi connectivity index (χ0v) is 12.2. The van der Waals surface area contributed by atoms with Crippen LogP contribution in [0.2, 0.25) is 0 Å². The van der Waals surface area contributed by atoms with Crippen LogP contribution in [0.4, 0.5) is 0 Å². The Hall–Kier alpha value is -0.580. The van der Waals surface area contributed by atoms with E-state index in [0.717, 1.165) is 25.3 Å². The van der Waals surface area contributed by atoms with Crippen molar-refractivity contribution in [2.45, 2.75) is 30.2 Å². The quantitative estimate of drug-likeness (QED) is 0.663. The summed E-state index contributed by atoms with van der Waals surface area (Å²) in [7, 11) is 0. The lowest BCUT2D eigenvalue weighted by atomic mass is 10.0. The molecule has 1 aromatic carbocycles. The molecule has 0 spiro atoms. The first-order valence-corrected chi connectivity index (χ1v) is 7.88. The predicted octanol–water partition coefficient (Wildman–Crippen LogP) is 2.92. The van der Waals surface area contributed by atoms with Crippen LogP contribution in [-0.2, 0) is 0 Å². The van der Waals surface area contributed by atoms with Gasteiger partial charge in [0, 0.05) is 17.2 Å². The molecule has 1 unspecified atom stereocenters. The maximum Gasteiger partial charge on any atom is 0.0902 e. The fourth-order valence-electron chi connectivity index (χ4n) is 2.38. The highest BCUT2D eigenvalue weighted by Crippen LogP contribution is 2.21. The molecule has 1 aliphatic rings. The lowest BCUT2D eigenvalue weighted by Crippen LogP contribution is -2.47. The third-order valence-electron chi connectivity index (χ3n) is 3.33. The van der Waals surface area contributed by atoms with E-state index in [-0.39, 0.29) is 0 Å². The van der Waals surface area contributed by atoms with Crippen LogP contribution in [0.1, 0.15) is 19.3 Å². The van der Waals surface area contributed by atoms with Gasteiger partial charge < -0.3 is 5.73 Å². The Kier molecular flexibility index (Phi) is 5.47. The smallest absolute Gasteiger partial charge is 0.0902 e. The van der Waals surface area contributed by atoms with Gasteiger partial charge in [0.25, 0.3) is 0 Å². The summed E-state index contributed by atoms with van der Waals surface area (Å²) < 4.78 is 0. The van der Waals surface area contributed by atoms with Crippen LogP contribution in [0, 0.1) is 0 Å². The van der Waals surface area contributed by atoms with Crippen molar-refractivity contribution in [2.24, 2.45) is 5.73 Å². The molecule has 0 amide bonds. The number of benzene rings is 1. The Morgan fingerprint density at radius 1 is 1.33 bits per heavy atom. The van der Waals surface area contributed by atoms with Crippen molar-refractivity contribution in [2.75, 3.05) is 18.8 Å². The number of piperidine rings is 1. The summed E-state index contributed by atoms with van der Waals surface area (Å²) in [6.07, 6.45) is 3.66. The number of thiocarbonyl (C=S) groups is 1. The van der Waals surface area contributed by atoms with Crippen LogP contribution in [0.5, 0.6) is 0 Å². The van der Waals surface area contributed by atoms with Gasteiger partial charge in [0.2, 0.25) is 0 Å². The van der Waals surface area contributed by atoms with Crippen LogP contribution in [0.3, 0.4) is 0 Å². The average molecular weight is 280 g/mol. The van der Waals surface area contributed by atoms with Crippen molar-refractivity contribution < 1.29 is 0 Å². The van der Waals surface area contributed by atoms with Gasteiger partial charge in [-0.15, -0.1) is 11.8 Å². The van der Waals surface area contributed by atoms with E-state index < -0.39 is 0 Å². The molecule has 0 bridgehead atoms.